The van der Waals surface area contributed by atoms with Crippen molar-refractivity contribution >= 4 is 54.8 Å². The summed E-state index contributed by atoms with van der Waals surface area (Å²) in [5.41, 5.74) is 1.15. The standard InChI is InChI=1S/C29H30O4S2/c1-7-25(30)32-15-9-8-10-26(31)33-27-24-17-22(14-12-19(4)5)34-28(24)20(6)23-16-21(35-29(23)27)13-11-18(2)3/h7,16-19H,1,8-10,15H2,2-6H3. The Kier molecular flexibility index (Phi) is 9.15. The maximum absolute atomic E-state index is 12.8. The zero-order chi connectivity index (χ0) is 25.5. The van der Waals surface area contributed by atoms with Crippen molar-refractivity contribution in [3.63, 3.8) is 0 Å². The van der Waals surface area contributed by atoms with E-state index in [2.05, 4.69) is 70.9 Å². The van der Waals surface area contributed by atoms with E-state index in [0.29, 0.717) is 18.6 Å². The van der Waals surface area contributed by atoms with Crippen LogP contribution in [0.4, 0.5) is 0 Å². The van der Waals surface area contributed by atoms with Crippen molar-refractivity contribution in [2.24, 2.45) is 11.8 Å². The first-order valence-electron chi connectivity index (χ1n) is 11.7. The van der Waals surface area contributed by atoms with Crippen LogP contribution in [0.15, 0.2) is 24.8 Å². The molecule has 3 aromatic rings. The Morgan fingerprint density at radius 3 is 2.17 bits per heavy atom. The van der Waals surface area contributed by atoms with Crippen LogP contribution in [0.3, 0.4) is 0 Å². The molecular formula is C29H30O4S2. The minimum Gasteiger partial charge on any atom is -0.463 e. The summed E-state index contributed by atoms with van der Waals surface area (Å²) in [4.78, 5) is 25.8. The second-order valence-electron chi connectivity index (χ2n) is 8.81. The fourth-order valence-corrected chi connectivity index (χ4v) is 5.45. The predicted molar refractivity (Wildman–Crippen MR) is 146 cm³/mol. The molecule has 0 unspecified atom stereocenters. The van der Waals surface area contributed by atoms with Gasteiger partial charge in [-0.15, -0.1) is 22.7 Å². The highest BCUT2D eigenvalue weighted by atomic mass is 32.1. The average molecular weight is 507 g/mol. The van der Waals surface area contributed by atoms with Crippen LogP contribution in [-0.2, 0) is 14.3 Å². The van der Waals surface area contributed by atoms with Gasteiger partial charge in [-0.3, -0.25) is 4.79 Å². The Bertz CT molecular complexity index is 1300. The SMILES string of the molecule is C=CC(=O)OCCCCC(=O)Oc1c2cc(C#CC(C)C)sc2c(C)c2cc(C#CC(C)C)sc12. The summed E-state index contributed by atoms with van der Waals surface area (Å²) < 4.78 is 13.0. The Morgan fingerprint density at radius 1 is 0.971 bits per heavy atom. The van der Waals surface area contributed by atoms with Crippen molar-refractivity contribution in [3.8, 4) is 29.4 Å². The number of carbonyl (C=O) groups excluding carboxylic acids is 2. The van der Waals surface area contributed by atoms with E-state index in [1.807, 2.05) is 6.07 Å². The maximum atomic E-state index is 12.8. The molecule has 2 aromatic heterocycles. The lowest BCUT2D eigenvalue weighted by Crippen LogP contribution is -2.09. The molecule has 0 atom stereocenters. The van der Waals surface area contributed by atoms with Crippen molar-refractivity contribution < 1.29 is 19.1 Å². The molecule has 0 fully saturated rings. The van der Waals surface area contributed by atoms with E-state index in [1.54, 1.807) is 22.7 Å². The van der Waals surface area contributed by atoms with Gasteiger partial charge in [0.25, 0.3) is 0 Å². The first-order valence-corrected chi connectivity index (χ1v) is 13.4. The summed E-state index contributed by atoms with van der Waals surface area (Å²) >= 11 is 3.18. The smallest absolute Gasteiger partial charge is 0.330 e. The van der Waals surface area contributed by atoms with Gasteiger partial charge in [0.1, 0.15) is 0 Å². The molecule has 0 amide bonds. The third kappa shape index (κ3) is 6.98. The van der Waals surface area contributed by atoms with Gasteiger partial charge in [0.05, 0.1) is 21.1 Å². The molecule has 0 bridgehead atoms. The molecule has 0 spiro atoms. The molecule has 182 valence electrons. The van der Waals surface area contributed by atoms with E-state index in [9.17, 15) is 9.59 Å². The molecule has 0 saturated carbocycles. The number of thiophene rings is 2. The van der Waals surface area contributed by atoms with Crippen LogP contribution in [-0.4, -0.2) is 18.5 Å². The zero-order valence-electron chi connectivity index (χ0n) is 20.9. The maximum Gasteiger partial charge on any atom is 0.330 e. The molecule has 0 N–H and O–H groups in total. The van der Waals surface area contributed by atoms with Crippen LogP contribution in [0, 0.1) is 42.4 Å². The summed E-state index contributed by atoms with van der Waals surface area (Å²) in [5, 5.41) is 1.96. The first kappa shape index (κ1) is 26.5. The third-order valence-corrected chi connectivity index (χ3v) is 7.25. The van der Waals surface area contributed by atoms with Gasteiger partial charge in [-0.1, -0.05) is 58.0 Å². The summed E-state index contributed by atoms with van der Waals surface area (Å²) in [5.74, 6) is 13.3. The van der Waals surface area contributed by atoms with E-state index < -0.39 is 5.97 Å². The molecule has 0 radical (unpaired) electrons. The molecule has 3 rings (SSSR count). The van der Waals surface area contributed by atoms with Crippen LogP contribution in [0.25, 0.3) is 20.2 Å². The molecule has 0 aliphatic heterocycles. The molecule has 35 heavy (non-hydrogen) atoms. The first-order chi connectivity index (χ1) is 16.7. The van der Waals surface area contributed by atoms with Crippen molar-refractivity contribution in [3.05, 3.63) is 40.1 Å². The van der Waals surface area contributed by atoms with Gasteiger partial charge in [-0.2, -0.15) is 0 Å². The number of esters is 2. The fourth-order valence-electron chi connectivity index (χ4n) is 3.34. The van der Waals surface area contributed by atoms with Crippen molar-refractivity contribution in [1.29, 1.82) is 0 Å². The number of fused-ring (bicyclic) bond motifs is 2. The van der Waals surface area contributed by atoms with E-state index >= 15 is 0 Å². The van der Waals surface area contributed by atoms with Crippen molar-refractivity contribution in [1.82, 2.24) is 0 Å². The molecule has 0 aliphatic carbocycles. The third-order valence-electron chi connectivity index (χ3n) is 5.03. The van der Waals surface area contributed by atoms with Gasteiger partial charge in [0, 0.05) is 39.8 Å². The van der Waals surface area contributed by atoms with E-state index in [0.717, 1.165) is 41.6 Å². The number of carbonyl (C=O) groups is 2. The second kappa shape index (κ2) is 12.1. The minimum absolute atomic E-state index is 0.234. The summed E-state index contributed by atoms with van der Waals surface area (Å²) in [7, 11) is 0. The normalized spacial score (nSPS) is 10.7. The lowest BCUT2D eigenvalue weighted by atomic mass is 10.1. The Balaban J connectivity index is 1.95. The molecular weight excluding hydrogens is 476 g/mol. The van der Waals surface area contributed by atoms with Crippen molar-refractivity contribution in [2.45, 2.75) is 53.9 Å². The predicted octanol–water partition coefficient (Wildman–Crippen LogP) is 7.24. The highest BCUT2D eigenvalue weighted by molar-refractivity contribution is 7.21. The summed E-state index contributed by atoms with van der Waals surface area (Å²) in [6.07, 6.45) is 2.50. The summed E-state index contributed by atoms with van der Waals surface area (Å²) in [6.45, 7) is 14.0. The lowest BCUT2D eigenvalue weighted by molar-refractivity contribution is -0.137. The minimum atomic E-state index is -0.458. The second-order valence-corrected chi connectivity index (χ2v) is 10.9. The van der Waals surface area contributed by atoms with Gasteiger partial charge in [0.15, 0.2) is 5.75 Å². The number of unbranched alkanes of at least 4 members (excludes halogenated alkanes) is 1. The number of hydrogen-bond donors (Lipinski definition) is 0. The van der Waals surface area contributed by atoms with Gasteiger partial charge in [-0.25, -0.2) is 4.79 Å². The van der Waals surface area contributed by atoms with Gasteiger partial charge < -0.3 is 9.47 Å². The monoisotopic (exact) mass is 506 g/mol. The van der Waals surface area contributed by atoms with E-state index in [1.165, 1.54) is 0 Å². The van der Waals surface area contributed by atoms with Crippen LogP contribution < -0.4 is 4.74 Å². The average Bonchev–Trinajstić information content (AvgIpc) is 3.43. The van der Waals surface area contributed by atoms with Crippen LogP contribution in [0.1, 0.15) is 62.3 Å². The Hall–Kier alpha value is -3.06. The van der Waals surface area contributed by atoms with Crippen molar-refractivity contribution in [2.75, 3.05) is 6.61 Å². The Labute approximate surface area is 215 Å². The molecule has 0 aliphatic rings. The molecule has 2 heterocycles. The van der Waals surface area contributed by atoms with Crippen LogP contribution in [0.5, 0.6) is 5.75 Å². The topological polar surface area (TPSA) is 52.6 Å². The van der Waals surface area contributed by atoms with Gasteiger partial charge in [0.2, 0.25) is 0 Å². The fraction of sp³-hybridized carbons (Fsp3) is 0.379. The number of hydrogen-bond acceptors (Lipinski definition) is 6. The van der Waals surface area contributed by atoms with Crippen LogP contribution >= 0.6 is 22.7 Å². The molecule has 6 heteroatoms. The number of aryl methyl sites for hydroxylation is 1. The molecule has 1 aromatic carbocycles. The highest BCUT2D eigenvalue weighted by Gasteiger charge is 2.20. The molecule has 4 nitrogen and oxygen atoms in total. The summed E-state index contributed by atoms with van der Waals surface area (Å²) in [6, 6.07) is 4.12. The number of benzene rings is 1. The zero-order valence-corrected chi connectivity index (χ0v) is 22.5. The Morgan fingerprint density at radius 2 is 1.57 bits per heavy atom. The van der Waals surface area contributed by atoms with Crippen LogP contribution in [0.2, 0.25) is 0 Å². The quantitative estimate of drug-likeness (QED) is 0.111. The van der Waals surface area contributed by atoms with E-state index in [4.69, 9.17) is 9.47 Å². The molecule has 0 saturated heterocycles. The number of rotatable bonds is 7. The van der Waals surface area contributed by atoms with E-state index in [-0.39, 0.29) is 30.8 Å². The van der Waals surface area contributed by atoms with Gasteiger partial charge >= 0.3 is 11.9 Å². The van der Waals surface area contributed by atoms with Gasteiger partial charge in [-0.05, 0) is 37.5 Å². The highest BCUT2D eigenvalue weighted by Crippen LogP contribution is 2.45. The lowest BCUT2D eigenvalue weighted by Gasteiger charge is -2.09. The number of ether oxygens (including phenoxy) is 2. The largest absolute Gasteiger partial charge is 0.463 e.